The van der Waals surface area contributed by atoms with Crippen LogP contribution < -0.4 is 5.32 Å². The Bertz CT molecular complexity index is 861. The molecule has 1 heterocycles. The van der Waals surface area contributed by atoms with Crippen LogP contribution in [-0.2, 0) is 10.0 Å². The van der Waals surface area contributed by atoms with Crippen molar-refractivity contribution in [3.63, 3.8) is 0 Å². The fourth-order valence-electron chi connectivity index (χ4n) is 2.79. The standard InChI is InChI=1S/C16H15ClF2N2O2S/c17-12-5-2-1-4-11(12)14-10-20-8-9-21(14)24(22,23)15-7-3-6-13(18)16(15)19/h1-7,14,20H,8-10H2. The van der Waals surface area contributed by atoms with E-state index in [1.165, 1.54) is 10.4 Å². The number of piperazine rings is 1. The number of hydrogen-bond donors (Lipinski definition) is 1. The molecular weight excluding hydrogens is 358 g/mol. The molecule has 0 spiro atoms. The second-order valence-corrected chi connectivity index (χ2v) is 7.68. The zero-order valence-corrected chi connectivity index (χ0v) is 14.1. The summed E-state index contributed by atoms with van der Waals surface area (Å²) in [5.41, 5.74) is 0.617. The first-order valence-electron chi connectivity index (χ1n) is 7.34. The molecule has 1 N–H and O–H groups in total. The quantitative estimate of drug-likeness (QED) is 0.901. The van der Waals surface area contributed by atoms with Crippen molar-refractivity contribution in [3.05, 3.63) is 64.7 Å². The van der Waals surface area contributed by atoms with Crippen molar-refractivity contribution in [2.75, 3.05) is 19.6 Å². The highest BCUT2D eigenvalue weighted by atomic mass is 35.5. The number of halogens is 3. The lowest BCUT2D eigenvalue weighted by molar-refractivity contribution is 0.270. The summed E-state index contributed by atoms with van der Waals surface area (Å²) in [7, 11) is -4.21. The van der Waals surface area contributed by atoms with Crippen molar-refractivity contribution in [1.82, 2.24) is 9.62 Å². The number of rotatable bonds is 3. The van der Waals surface area contributed by atoms with Crippen LogP contribution in [0.3, 0.4) is 0 Å². The summed E-state index contributed by atoms with van der Waals surface area (Å²) >= 11 is 6.19. The molecule has 1 unspecified atom stereocenters. The number of hydrogen-bond acceptors (Lipinski definition) is 3. The fourth-order valence-corrected chi connectivity index (χ4v) is 4.74. The van der Waals surface area contributed by atoms with Crippen molar-refractivity contribution >= 4 is 21.6 Å². The van der Waals surface area contributed by atoms with Gasteiger partial charge in [-0.2, -0.15) is 4.31 Å². The molecule has 0 aliphatic carbocycles. The average Bonchev–Trinajstić information content (AvgIpc) is 2.57. The number of sulfonamides is 1. The van der Waals surface area contributed by atoms with Gasteiger partial charge in [-0.3, -0.25) is 0 Å². The molecule has 0 saturated carbocycles. The second-order valence-electron chi connectivity index (χ2n) is 5.41. The van der Waals surface area contributed by atoms with Crippen LogP contribution in [0.25, 0.3) is 0 Å². The molecule has 4 nitrogen and oxygen atoms in total. The second kappa shape index (κ2) is 6.76. The van der Waals surface area contributed by atoms with Gasteiger partial charge in [0, 0.05) is 24.7 Å². The molecule has 1 aliphatic rings. The predicted octanol–water partition coefficient (Wildman–Crippen LogP) is 2.95. The summed E-state index contributed by atoms with van der Waals surface area (Å²) in [6, 6.07) is 9.43. The molecule has 0 aromatic heterocycles. The van der Waals surface area contributed by atoms with Crippen LogP contribution in [0.2, 0.25) is 5.02 Å². The maximum absolute atomic E-state index is 14.0. The minimum Gasteiger partial charge on any atom is -0.313 e. The monoisotopic (exact) mass is 372 g/mol. The van der Waals surface area contributed by atoms with Gasteiger partial charge in [0.05, 0.1) is 6.04 Å². The Morgan fingerprint density at radius 3 is 2.62 bits per heavy atom. The van der Waals surface area contributed by atoms with Crippen LogP contribution in [-0.4, -0.2) is 32.4 Å². The van der Waals surface area contributed by atoms with E-state index in [4.69, 9.17) is 11.6 Å². The van der Waals surface area contributed by atoms with Gasteiger partial charge in [-0.25, -0.2) is 17.2 Å². The zero-order valence-electron chi connectivity index (χ0n) is 12.5. The van der Waals surface area contributed by atoms with E-state index in [1.54, 1.807) is 24.3 Å². The van der Waals surface area contributed by atoms with Gasteiger partial charge >= 0.3 is 0 Å². The van der Waals surface area contributed by atoms with E-state index in [1.807, 2.05) is 0 Å². The van der Waals surface area contributed by atoms with Gasteiger partial charge in [0.1, 0.15) is 4.90 Å². The maximum Gasteiger partial charge on any atom is 0.246 e. The van der Waals surface area contributed by atoms with E-state index < -0.39 is 32.6 Å². The minimum atomic E-state index is -4.21. The third-order valence-corrected chi connectivity index (χ3v) is 6.23. The van der Waals surface area contributed by atoms with E-state index in [0.29, 0.717) is 23.7 Å². The highest BCUT2D eigenvalue weighted by molar-refractivity contribution is 7.89. The normalized spacial score (nSPS) is 19.4. The van der Waals surface area contributed by atoms with E-state index in [9.17, 15) is 17.2 Å². The lowest BCUT2D eigenvalue weighted by atomic mass is 10.1. The third kappa shape index (κ3) is 3.04. The van der Waals surface area contributed by atoms with E-state index >= 15 is 0 Å². The van der Waals surface area contributed by atoms with Crippen LogP contribution >= 0.6 is 11.6 Å². The van der Waals surface area contributed by atoms with Gasteiger partial charge in [0.2, 0.25) is 10.0 Å². The molecule has 0 radical (unpaired) electrons. The molecule has 0 amide bonds. The molecule has 1 aliphatic heterocycles. The van der Waals surface area contributed by atoms with Crippen molar-refractivity contribution in [2.24, 2.45) is 0 Å². The highest BCUT2D eigenvalue weighted by Gasteiger charge is 2.37. The van der Waals surface area contributed by atoms with Crippen molar-refractivity contribution in [2.45, 2.75) is 10.9 Å². The molecule has 2 aromatic rings. The first kappa shape index (κ1) is 17.3. The maximum atomic E-state index is 14.0. The van der Waals surface area contributed by atoms with Crippen LogP contribution in [0, 0.1) is 11.6 Å². The Labute approximate surface area is 144 Å². The van der Waals surface area contributed by atoms with E-state index in [-0.39, 0.29) is 6.54 Å². The average molecular weight is 373 g/mol. The smallest absolute Gasteiger partial charge is 0.246 e. The lowest BCUT2D eigenvalue weighted by Crippen LogP contribution is -2.48. The van der Waals surface area contributed by atoms with Crippen LogP contribution in [0.4, 0.5) is 8.78 Å². The predicted molar refractivity (Wildman–Crippen MR) is 87.3 cm³/mol. The summed E-state index contributed by atoms with van der Waals surface area (Å²) in [5, 5.41) is 3.53. The molecule has 128 valence electrons. The highest BCUT2D eigenvalue weighted by Crippen LogP contribution is 2.33. The molecule has 8 heteroatoms. The molecule has 0 bridgehead atoms. The summed E-state index contributed by atoms with van der Waals surface area (Å²) in [5.74, 6) is -2.56. The Morgan fingerprint density at radius 1 is 1.12 bits per heavy atom. The zero-order chi connectivity index (χ0) is 17.3. The Kier molecular flexibility index (Phi) is 4.87. The van der Waals surface area contributed by atoms with E-state index in [2.05, 4.69) is 5.32 Å². The molecule has 2 aromatic carbocycles. The molecule has 24 heavy (non-hydrogen) atoms. The van der Waals surface area contributed by atoms with Gasteiger partial charge in [0.15, 0.2) is 11.6 Å². The summed E-state index contributed by atoms with van der Waals surface area (Å²) in [6.07, 6.45) is 0. The van der Waals surface area contributed by atoms with Crippen LogP contribution in [0.15, 0.2) is 47.4 Å². The number of benzene rings is 2. The van der Waals surface area contributed by atoms with Gasteiger partial charge in [-0.1, -0.05) is 35.9 Å². The molecule has 1 atom stereocenters. The van der Waals surface area contributed by atoms with Crippen molar-refractivity contribution < 1.29 is 17.2 Å². The molecular formula is C16H15ClF2N2O2S. The first-order valence-corrected chi connectivity index (χ1v) is 9.15. The van der Waals surface area contributed by atoms with Gasteiger partial charge < -0.3 is 5.32 Å². The third-order valence-electron chi connectivity index (χ3n) is 3.96. The van der Waals surface area contributed by atoms with Gasteiger partial charge in [0.25, 0.3) is 0 Å². The lowest BCUT2D eigenvalue weighted by Gasteiger charge is -2.35. The SMILES string of the molecule is O=S(=O)(c1cccc(F)c1F)N1CCNCC1c1ccccc1Cl. The Balaban J connectivity index is 2.08. The van der Waals surface area contributed by atoms with Gasteiger partial charge in [-0.15, -0.1) is 0 Å². The summed E-state index contributed by atoms with van der Waals surface area (Å²) in [6.45, 7) is 0.880. The number of nitrogens with zero attached hydrogens (tertiary/aromatic N) is 1. The minimum absolute atomic E-state index is 0.133. The van der Waals surface area contributed by atoms with Crippen LogP contribution in [0.1, 0.15) is 11.6 Å². The summed E-state index contributed by atoms with van der Waals surface area (Å²) in [4.78, 5) is -0.665. The fraction of sp³-hybridized carbons (Fsp3) is 0.250. The first-order chi connectivity index (χ1) is 11.4. The largest absolute Gasteiger partial charge is 0.313 e. The Morgan fingerprint density at radius 2 is 1.88 bits per heavy atom. The number of nitrogens with one attached hydrogen (secondary N) is 1. The Hall–Kier alpha value is -1.54. The van der Waals surface area contributed by atoms with Crippen molar-refractivity contribution in [1.29, 1.82) is 0 Å². The molecule has 1 saturated heterocycles. The van der Waals surface area contributed by atoms with Crippen molar-refractivity contribution in [3.8, 4) is 0 Å². The van der Waals surface area contributed by atoms with Gasteiger partial charge in [-0.05, 0) is 23.8 Å². The van der Waals surface area contributed by atoms with E-state index in [0.717, 1.165) is 12.1 Å². The molecule has 3 rings (SSSR count). The topological polar surface area (TPSA) is 49.4 Å². The molecule has 1 fully saturated rings. The van der Waals surface area contributed by atoms with Crippen LogP contribution in [0.5, 0.6) is 0 Å². The summed E-state index contributed by atoms with van der Waals surface area (Å²) < 4.78 is 54.5.